The van der Waals surface area contributed by atoms with Crippen molar-refractivity contribution in [1.29, 1.82) is 0 Å². The first-order chi connectivity index (χ1) is 15.4. The first kappa shape index (κ1) is 23.0. The van der Waals surface area contributed by atoms with Gasteiger partial charge in [0.1, 0.15) is 11.6 Å². The van der Waals surface area contributed by atoms with Gasteiger partial charge in [-0.15, -0.1) is 0 Å². The molecule has 0 amide bonds. The molecule has 0 saturated carbocycles. The lowest BCUT2D eigenvalue weighted by atomic mass is 10.1. The second kappa shape index (κ2) is 10.5. The number of hydrogen-bond donors (Lipinski definition) is 3. The molecule has 3 rings (SSSR count). The quantitative estimate of drug-likeness (QED) is 0.432. The second-order valence-electron chi connectivity index (χ2n) is 7.39. The Morgan fingerprint density at radius 1 is 1.09 bits per heavy atom. The van der Waals surface area contributed by atoms with Gasteiger partial charge in [-0.3, -0.25) is 4.98 Å². The Hall–Kier alpha value is -3.72. The summed E-state index contributed by atoms with van der Waals surface area (Å²) in [7, 11) is 2.87. The molecule has 0 bridgehead atoms. The summed E-state index contributed by atoms with van der Waals surface area (Å²) in [5, 5.41) is 16.1. The Labute approximate surface area is 186 Å². The number of methoxy groups -OCH3 is 2. The number of benzene rings is 1. The lowest BCUT2D eigenvalue weighted by molar-refractivity contribution is 0.0600. The van der Waals surface area contributed by atoms with Crippen LogP contribution >= 0.6 is 0 Å². The van der Waals surface area contributed by atoms with E-state index in [-0.39, 0.29) is 18.6 Å². The van der Waals surface area contributed by atoms with Crippen molar-refractivity contribution in [1.82, 2.24) is 15.0 Å². The van der Waals surface area contributed by atoms with Crippen LogP contribution in [0.1, 0.15) is 24.2 Å². The number of esters is 1. The molecule has 0 aliphatic carbocycles. The fourth-order valence-electron chi connectivity index (χ4n) is 3.00. The highest BCUT2D eigenvalue weighted by atomic mass is 16.5. The van der Waals surface area contributed by atoms with Gasteiger partial charge in [0.2, 0.25) is 5.95 Å². The lowest BCUT2D eigenvalue weighted by Gasteiger charge is -2.21. The van der Waals surface area contributed by atoms with Gasteiger partial charge in [0.15, 0.2) is 0 Å². The summed E-state index contributed by atoms with van der Waals surface area (Å²) in [6.45, 7) is 3.93. The summed E-state index contributed by atoms with van der Waals surface area (Å²) >= 11 is 0. The van der Waals surface area contributed by atoms with E-state index < -0.39 is 5.97 Å². The van der Waals surface area contributed by atoms with Crippen molar-refractivity contribution in [2.24, 2.45) is 5.92 Å². The molecule has 0 radical (unpaired) electrons. The fourth-order valence-corrected chi connectivity index (χ4v) is 3.00. The predicted molar refractivity (Wildman–Crippen MR) is 122 cm³/mol. The van der Waals surface area contributed by atoms with Crippen LogP contribution in [0.4, 0.5) is 17.5 Å². The van der Waals surface area contributed by atoms with E-state index in [1.165, 1.54) is 7.11 Å². The van der Waals surface area contributed by atoms with Crippen LogP contribution in [0.15, 0.2) is 48.7 Å². The molecule has 0 saturated heterocycles. The summed E-state index contributed by atoms with van der Waals surface area (Å²) in [4.78, 5) is 25.5. The zero-order chi connectivity index (χ0) is 23.1. The fraction of sp³-hybridized carbons (Fsp3) is 0.304. The molecule has 1 atom stereocenters. The third-order valence-electron chi connectivity index (χ3n) is 4.85. The largest absolute Gasteiger partial charge is 0.495 e. The van der Waals surface area contributed by atoms with Gasteiger partial charge in [0.25, 0.3) is 0 Å². The van der Waals surface area contributed by atoms with E-state index in [0.717, 1.165) is 0 Å². The first-order valence-corrected chi connectivity index (χ1v) is 10.2. The molecule has 9 nitrogen and oxygen atoms in total. The van der Waals surface area contributed by atoms with Gasteiger partial charge >= 0.3 is 5.97 Å². The van der Waals surface area contributed by atoms with Gasteiger partial charge in [-0.25, -0.2) is 9.78 Å². The van der Waals surface area contributed by atoms with Gasteiger partial charge < -0.3 is 25.2 Å². The number of nitrogens with one attached hydrogen (secondary N) is 2. The van der Waals surface area contributed by atoms with E-state index in [1.807, 2.05) is 32.0 Å². The minimum atomic E-state index is -0.461. The van der Waals surface area contributed by atoms with E-state index in [4.69, 9.17) is 9.47 Å². The maximum absolute atomic E-state index is 12.0. The van der Waals surface area contributed by atoms with Crippen LogP contribution in [-0.4, -0.2) is 52.9 Å². The normalized spacial score (nSPS) is 11.7. The highest BCUT2D eigenvalue weighted by molar-refractivity contribution is 5.91. The van der Waals surface area contributed by atoms with Gasteiger partial charge in [0, 0.05) is 12.3 Å². The Balaban J connectivity index is 2.03. The number of aliphatic hydroxyl groups is 1. The summed E-state index contributed by atoms with van der Waals surface area (Å²) < 4.78 is 10.2. The molecule has 32 heavy (non-hydrogen) atoms. The van der Waals surface area contributed by atoms with Crippen molar-refractivity contribution in [3.05, 3.63) is 54.2 Å². The molecule has 168 valence electrons. The topological polar surface area (TPSA) is 118 Å². The van der Waals surface area contributed by atoms with E-state index in [2.05, 4.69) is 25.6 Å². The summed E-state index contributed by atoms with van der Waals surface area (Å²) in [5.41, 5.74) is 2.17. The van der Waals surface area contributed by atoms with Crippen molar-refractivity contribution < 1.29 is 19.4 Å². The maximum atomic E-state index is 12.0. The average molecular weight is 438 g/mol. The van der Waals surface area contributed by atoms with E-state index in [9.17, 15) is 9.90 Å². The van der Waals surface area contributed by atoms with Crippen LogP contribution < -0.4 is 15.4 Å². The van der Waals surface area contributed by atoms with Gasteiger partial charge in [0.05, 0.1) is 49.5 Å². The molecule has 0 unspecified atom stereocenters. The van der Waals surface area contributed by atoms with Crippen LogP contribution in [0.5, 0.6) is 5.75 Å². The Morgan fingerprint density at radius 2 is 1.91 bits per heavy atom. The van der Waals surface area contributed by atoms with E-state index in [1.54, 1.807) is 37.6 Å². The minimum absolute atomic E-state index is 0.0629. The molecule has 3 aromatic rings. The Bertz CT molecular complexity index is 1060. The monoisotopic (exact) mass is 437 g/mol. The number of carbonyl (C=O) groups is 1. The van der Waals surface area contributed by atoms with Crippen LogP contribution in [0.25, 0.3) is 11.4 Å². The minimum Gasteiger partial charge on any atom is -0.495 e. The highest BCUT2D eigenvalue weighted by Crippen LogP contribution is 2.30. The molecule has 0 fully saturated rings. The van der Waals surface area contributed by atoms with Crippen molar-refractivity contribution in [2.45, 2.75) is 19.9 Å². The number of pyridine rings is 1. The van der Waals surface area contributed by atoms with Crippen LogP contribution in [0, 0.1) is 5.92 Å². The number of ether oxygens (including phenoxy) is 2. The first-order valence-electron chi connectivity index (χ1n) is 10.2. The summed E-state index contributed by atoms with van der Waals surface area (Å²) in [6, 6.07) is 12.0. The van der Waals surface area contributed by atoms with Gasteiger partial charge in [-0.05, 0) is 36.2 Å². The molecule has 1 aromatic carbocycles. The zero-order valence-electron chi connectivity index (χ0n) is 18.5. The Kier molecular flexibility index (Phi) is 7.56. The standard InChI is InChI=1S/C23H27N5O4/c1-14(2)19(13-29)27-23-26-17(16-7-5-6-10-24-16)12-21(28-23)25-18-11-15(22(30)32-4)8-9-20(18)31-3/h5-12,14,19,29H,13H2,1-4H3,(H2,25,26,27,28)/t19-/m0/s1. The second-order valence-corrected chi connectivity index (χ2v) is 7.39. The molecular formula is C23H27N5O4. The highest BCUT2D eigenvalue weighted by Gasteiger charge is 2.17. The van der Waals surface area contributed by atoms with E-state index >= 15 is 0 Å². The number of hydrogen-bond acceptors (Lipinski definition) is 9. The zero-order valence-corrected chi connectivity index (χ0v) is 18.5. The lowest BCUT2D eigenvalue weighted by Crippen LogP contribution is -2.30. The predicted octanol–water partition coefficient (Wildman–Crippen LogP) is 3.51. The number of nitrogens with zero attached hydrogens (tertiary/aromatic N) is 3. The summed E-state index contributed by atoms with van der Waals surface area (Å²) in [6.07, 6.45) is 1.69. The van der Waals surface area contributed by atoms with Crippen LogP contribution in [0.3, 0.4) is 0 Å². The third-order valence-corrected chi connectivity index (χ3v) is 4.85. The molecule has 0 aliphatic heterocycles. The number of aliphatic hydroxyl groups excluding tert-OH is 1. The van der Waals surface area contributed by atoms with Crippen LogP contribution in [-0.2, 0) is 4.74 Å². The molecule has 0 aliphatic rings. The molecular weight excluding hydrogens is 410 g/mol. The summed E-state index contributed by atoms with van der Waals surface area (Å²) in [5.74, 6) is 1.03. The van der Waals surface area contributed by atoms with Crippen molar-refractivity contribution in [3.63, 3.8) is 0 Å². The molecule has 9 heteroatoms. The third kappa shape index (κ3) is 5.50. The van der Waals surface area contributed by atoms with E-state index in [0.29, 0.717) is 40.2 Å². The SMILES string of the molecule is COC(=O)c1ccc(OC)c(Nc2cc(-c3ccccn3)nc(N[C@@H](CO)C(C)C)n2)c1. The maximum Gasteiger partial charge on any atom is 0.337 e. The van der Waals surface area contributed by atoms with Gasteiger partial charge in [-0.2, -0.15) is 4.98 Å². The number of aromatic nitrogens is 3. The molecule has 2 aromatic heterocycles. The number of carbonyl (C=O) groups excluding carboxylic acids is 1. The van der Waals surface area contributed by atoms with Gasteiger partial charge in [-0.1, -0.05) is 19.9 Å². The number of anilines is 3. The molecule has 2 heterocycles. The smallest absolute Gasteiger partial charge is 0.337 e. The van der Waals surface area contributed by atoms with Crippen molar-refractivity contribution >= 4 is 23.4 Å². The van der Waals surface area contributed by atoms with Crippen molar-refractivity contribution in [3.8, 4) is 17.1 Å². The van der Waals surface area contributed by atoms with Crippen molar-refractivity contribution in [2.75, 3.05) is 31.5 Å². The molecule has 0 spiro atoms. The Morgan fingerprint density at radius 3 is 2.53 bits per heavy atom. The average Bonchev–Trinajstić information content (AvgIpc) is 2.82. The molecule has 3 N–H and O–H groups in total. The number of rotatable bonds is 9. The van der Waals surface area contributed by atoms with Crippen LogP contribution in [0.2, 0.25) is 0 Å².